The lowest BCUT2D eigenvalue weighted by molar-refractivity contribution is -0.122. The third-order valence-electron chi connectivity index (χ3n) is 4.70. The maximum atomic E-state index is 11.4. The van der Waals surface area contributed by atoms with Gasteiger partial charge in [0, 0.05) is 12.5 Å². The van der Waals surface area contributed by atoms with Gasteiger partial charge in [-0.2, -0.15) is 0 Å². The van der Waals surface area contributed by atoms with Gasteiger partial charge in [0.25, 0.3) is 0 Å². The standard InChI is InChI=1S/C19H29NO/c1-15(21)17-10-13-20(14-11-17)12-9-16-5-7-18(8-6-16)19(2,3)4/h5-8,17H,9-14H2,1-4H3. The predicted octanol–water partition coefficient (Wildman–Crippen LogP) is 3.83. The highest BCUT2D eigenvalue weighted by molar-refractivity contribution is 5.78. The lowest BCUT2D eigenvalue weighted by Gasteiger charge is -2.30. The third kappa shape index (κ3) is 4.67. The molecule has 1 saturated heterocycles. The number of ketones is 1. The van der Waals surface area contributed by atoms with Crippen molar-refractivity contribution in [2.75, 3.05) is 19.6 Å². The van der Waals surface area contributed by atoms with Crippen LogP contribution in [0.4, 0.5) is 0 Å². The average molecular weight is 287 g/mol. The largest absolute Gasteiger partial charge is 0.303 e. The smallest absolute Gasteiger partial charge is 0.133 e. The Morgan fingerprint density at radius 2 is 1.71 bits per heavy atom. The highest BCUT2D eigenvalue weighted by Gasteiger charge is 2.21. The Morgan fingerprint density at radius 1 is 1.14 bits per heavy atom. The summed E-state index contributed by atoms with van der Waals surface area (Å²) in [7, 11) is 0. The minimum absolute atomic E-state index is 0.229. The van der Waals surface area contributed by atoms with E-state index in [-0.39, 0.29) is 5.41 Å². The number of piperidine rings is 1. The van der Waals surface area contributed by atoms with E-state index in [4.69, 9.17) is 0 Å². The van der Waals surface area contributed by atoms with E-state index in [0.29, 0.717) is 11.7 Å². The van der Waals surface area contributed by atoms with Crippen molar-refractivity contribution in [3.8, 4) is 0 Å². The normalized spacial score (nSPS) is 17.9. The van der Waals surface area contributed by atoms with Crippen molar-refractivity contribution in [2.24, 2.45) is 5.92 Å². The number of carbonyl (C=O) groups is 1. The van der Waals surface area contributed by atoms with Crippen molar-refractivity contribution in [1.29, 1.82) is 0 Å². The van der Waals surface area contributed by atoms with E-state index in [0.717, 1.165) is 38.9 Å². The van der Waals surface area contributed by atoms with E-state index in [1.54, 1.807) is 6.92 Å². The van der Waals surface area contributed by atoms with Gasteiger partial charge in [-0.15, -0.1) is 0 Å². The third-order valence-corrected chi connectivity index (χ3v) is 4.70. The minimum Gasteiger partial charge on any atom is -0.303 e. The molecule has 2 heteroatoms. The number of likely N-dealkylation sites (tertiary alicyclic amines) is 1. The fourth-order valence-corrected chi connectivity index (χ4v) is 3.02. The van der Waals surface area contributed by atoms with Crippen LogP contribution in [-0.2, 0) is 16.6 Å². The Kier molecular flexibility index (Phi) is 5.21. The lowest BCUT2D eigenvalue weighted by atomic mass is 9.86. The molecule has 0 spiro atoms. The van der Waals surface area contributed by atoms with Gasteiger partial charge in [-0.05, 0) is 55.8 Å². The quantitative estimate of drug-likeness (QED) is 0.839. The van der Waals surface area contributed by atoms with Crippen LogP contribution >= 0.6 is 0 Å². The first-order chi connectivity index (χ1) is 9.86. The first-order valence-electron chi connectivity index (χ1n) is 8.18. The Hall–Kier alpha value is -1.15. The van der Waals surface area contributed by atoms with Gasteiger partial charge in [-0.1, -0.05) is 45.0 Å². The van der Waals surface area contributed by atoms with Crippen LogP contribution in [0.2, 0.25) is 0 Å². The Balaban J connectivity index is 1.80. The zero-order valence-electron chi connectivity index (χ0n) is 14.0. The molecule has 0 saturated carbocycles. The van der Waals surface area contributed by atoms with Gasteiger partial charge in [-0.3, -0.25) is 4.79 Å². The summed E-state index contributed by atoms with van der Waals surface area (Å²) in [6, 6.07) is 9.06. The molecule has 0 aromatic heterocycles. The molecule has 0 bridgehead atoms. The van der Waals surface area contributed by atoms with Crippen LogP contribution in [-0.4, -0.2) is 30.3 Å². The Morgan fingerprint density at radius 3 is 2.19 bits per heavy atom. The van der Waals surface area contributed by atoms with E-state index in [9.17, 15) is 4.79 Å². The first-order valence-corrected chi connectivity index (χ1v) is 8.18. The Labute approximate surface area is 129 Å². The summed E-state index contributed by atoms with van der Waals surface area (Å²) in [6.07, 6.45) is 3.19. The monoisotopic (exact) mass is 287 g/mol. The van der Waals surface area contributed by atoms with Gasteiger partial charge in [0.2, 0.25) is 0 Å². The van der Waals surface area contributed by atoms with E-state index in [1.165, 1.54) is 11.1 Å². The maximum Gasteiger partial charge on any atom is 0.133 e. The molecule has 0 amide bonds. The molecule has 0 unspecified atom stereocenters. The molecule has 2 rings (SSSR count). The Bertz CT molecular complexity index is 461. The maximum absolute atomic E-state index is 11.4. The van der Waals surface area contributed by atoms with Gasteiger partial charge in [0.1, 0.15) is 5.78 Å². The van der Waals surface area contributed by atoms with Crippen molar-refractivity contribution in [3.05, 3.63) is 35.4 Å². The fraction of sp³-hybridized carbons (Fsp3) is 0.632. The van der Waals surface area contributed by atoms with Crippen LogP contribution in [0.5, 0.6) is 0 Å². The fourth-order valence-electron chi connectivity index (χ4n) is 3.02. The molecule has 116 valence electrons. The molecule has 1 heterocycles. The second kappa shape index (κ2) is 6.74. The number of rotatable bonds is 4. The molecule has 0 N–H and O–H groups in total. The highest BCUT2D eigenvalue weighted by atomic mass is 16.1. The average Bonchev–Trinajstić information content (AvgIpc) is 2.45. The van der Waals surface area contributed by atoms with Crippen molar-refractivity contribution in [3.63, 3.8) is 0 Å². The van der Waals surface area contributed by atoms with Crippen molar-refractivity contribution >= 4 is 5.78 Å². The molecule has 1 aromatic rings. The van der Waals surface area contributed by atoms with Crippen LogP contribution in [0, 0.1) is 5.92 Å². The van der Waals surface area contributed by atoms with Gasteiger partial charge in [0.05, 0.1) is 0 Å². The summed E-state index contributed by atoms with van der Waals surface area (Å²) in [5, 5.41) is 0. The number of carbonyl (C=O) groups excluding carboxylic acids is 1. The van der Waals surface area contributed by atoms with Gasteiger partial charge in [-0.25, -0.2) is 0 Å². The minimum atomic E-state index is 0.229. The van der Waals surface area contributed by atoms with E-state index in [1.807, 2.05) is 0 Å². The molecule has 1 aliphatic rings. The summed E-state index contributed by atoms with van der Waals surface area (Å²) in [5.41, 5.74) is 3.04. The SMILES string of the molecule is CC(=O)C1CCN(CCc2ccc(C(C)(C)C)cc2)CC1. The van der Waals surface area contributed by atoms with Crippen molar-refractivity contribution in [2.45, 2.75) is 52.4 Å². The summed E-state index contributed by atoms with van der Waals surface area (Å²) >= 11 is 0. The van der Waals surface area contributed by atoms with E-state index in [2.05, 4.69) is 49.9 Å². The van der Waals surface area contributed by atoms with Crippen LogP contribution in [0.25, 0.3) is 0 Å². The second-order valence-electron chi connectivity index (χ2n) is 7.42. The molecule has 0 aliphatic carbocycles. The number of nitrogens with zero attached hydrogens (tertiary/aromatic N) is 1. The summed E-state index contributed by atoms with van der Waals surface area (Å²) in [6.45, 7) is 11.7. The molecule has 2 nitrogen and oxygen atoms in total. The highest BCUT2D eigenvalue weighted by Crippen LogP contribution is 2.23. The molecule has 0 radical (unpaired) electrons. The summed E-state index contributed by atoms with van der Waals surface area (Å²) in [4.78, 5) is 13.9. The summed E-state index contributed by atoms with van der Waals surface area (Å²) < 4.78 is 0. The predicted molar refractivity (Wildman–Crippen MR) is 88.7 cm³/mol. The molecule has 1 aromatic carbocycles. The van der Waals surface area contributed by atoms with Gasteiger partial charge in [0.15, 0.2) is 0 Å². The van der Waals surface area contributed by atoms with Gasteiger partial charge >= 0.3 is 0 Å². The molecule has 1 aliphatic heterocycles. The number of hydrogen-bond donors (Lipinski definition) is 0. The van der Waals surface area contributed by atoms with E-state index < -0.39 is 0 Å². The van der Waals surface area contributed by atoms with Crippen LogP contribution in [0.15, 0.2) is 24.3 Å². The van der Waals surface area contributed by atoms with Crippen LogP contribution in [0.1, 0.15) is 51.7 Å². The van der Waals surface area contributed by atoms with E-state index >= 15 is 0 Å². The zero-order chi connectivity index (χ0) is 15.5. The first kappa shape index (κ1) is 16.2. The lowest BCUT2D eigenvalue weighted by Crippen LogP contribution is -2.36. The number of benzene rings is 1. The second-order valence-corrected chi connectivity index (χ2v) is 7.42. The van der Waals surface area contributed by atoms with Crippen molar-refractivity contribution in [1.82, 2.24) is 4.90 Å². The molecule has 21 heavy (non-hydrogen) atoms. The van der Waals surface area contributed by atoms with Crippen LogP contribution in [0.3, 0.4) is 0 Å². The molecule has 0 atom stereocenters. The van der Waals surface area contributed by atoms with Crippen molar-refractivity contribution < 1.29 is 4.79 Å². The summed E-state index contributed by atoms with van der Waals surface area (Å²) in [5.74, 6) is 0.680. The molecule has 1 fully saturated rings. The number of Topliss-reactive ketones (excluding diaryl/α,β-unsaturated/α-hetero) is 1. The number of hydrogen-bond acceptors (Lipinski definition) is 2. The van der Waals surface area contributed by atoms with Gasteiger partial charge < -0.3 is 4.90 Å². The molecular weight excluding hydrogens is 258 g/mol. The molecular formula is C19H29NO. The van der Waals surface area contributed by atoms with Crippen LogP contribution < -0.4 is 0 Å². The zero-order valence-corrected chi connectivity index (χ0v) is 14.0. The topological polar surface area (TPSA) is 20.3 Å².